The van der Waals surface area contributed by atoms with Crippen LogP contribution in [0.3, 0.4) is 0 Å². The van der Waals surface area contributed by atoms with Crippen LogP contribution in [0.1, 0.15) is 330 Å². The Morgan fingerprint density at radius 1 is 0.365 bits per heavy atom. The molecular weight excluding hydrogens is 976 g/mol. The fourth-order valence-corrected chi connectivity index (χ4v) is 11.4. The van der Waals surface area contributed by atoms with Crippen LogP contribution in [-0.2, 0) is 43.5 Å². The molecular formula is C63H117N3O7Zn. The van der Waals surface area contributed by atoms with Gasteiger partial charge < -0.3 is 35.8 Å². The minimum atomic E-state index is -0.903. The fourth-order valence-electron chi connectivity index (χ4n) is 11.4. The van der Waals surface area contributed by atoms with Crippen molar-refractivity contribution < 1.29 is 53.7 Å². The van der Waals surface area contributed by atoms with E-state index in [0.717, 1.165) is 83.5 Å². The van der Waals surface area contributed by atoms with E-state index in [1.54, 1.807) is 0 Å². The Morgan fingerprint density at radius 3 is 0.838 bits per heavy atom. The second kappa shape index (κ2) is 50.5. The van der Waals surface area contributed by atoms with Crippen LogP contribution in [-0.4, -0.2) is 47.8 Å². The van der Waals surface area contributed by atoms with Gasteiger partial charge in [0.25, 0.3) is 0 Å². The first-order valence-corrected chi connectivity index (χ1v) is 31.7. The van der Waals surface area contributed by atoms with Gasteiger partial charge in [-0.2, -0.15) is 0 Å². The van der Waals surface area contributed by atoms with Crippen molar-refractivity contribution in [3.05, 3.63) is 0 Å². The van der Waals surface area contributed by atoms with Crippen LogP contribution in [0.2, 0.25) is 0 Å². The summed E-state index contributed by atoms with van der Waals surface area (Å²) in [6.45, 7) is 11.1. The molecule has 0 radical (unpaired) electrons. The van der Waals surface area contributed by atoms with Gasteiger partial charge in [-0.25, -0.2) is 0 Å². The topological polar surface area (TPSA) is 168 Å². The standard InChI is InChI=1S/C27H47N3O3.2C18H36O2.Zn/c1-18-10-4-7-13-22(18)28-25(31)16-21(27(33)30-24-15-9-6-12-20(24)3)17-26(32)29-23-14-8-5-11-19(23)2;2*1-2-3-4-5-6-7-8-9-10-11-12-13-14-15-16-17-18(19)20;/h18-24H,4-17H2,1-3H3,(H,28,31)(H,29,32)(H,30,33);2*2-17H2,1H3,(H,19,20);/q;;;+2/p-2. The third-order valence-electron chi connectivity index (χ3n) is 16.6. The van der Waals surface area contributed by atoms with Gasteiger partial charge in [-0.1, -0.05) is 253 Å². The SMILES string of the molecule is CC1CCCCC1NC(=O)CC(CC(=O)NC1CCCCC1C)C(=O)NC1CCCCC1C.CCCCCCCCCCCCCCCCCC(=O)[O-].CCCCCCCCCCCCCCCCCC(=O)[O-].[Zn+2]. The van der Waals surface area contributed by atoms with Gasteiger partial charge in [0.05, 0.1) is 5.92 Å². The summed E-state index contributed by atoms with van der Waals surface area (Å²) in [6.07, 6.45) is 53.3. The van der Waals surface area contributed by atoms with Gasteiger partial charge in [-0.05, 0) is 82.0 Å². The molecule has 3 amide bonds. The Hall–Kier alpha value is -2.03. The Kier molecular flexibility index (Phi) is 49.1. The molecule has 6 atom stereocenters. The van der Waals surface area contributed by atoms with Gasteiger partial charge in [0, 0.05) is 42.9 Å². The first-order valence-electron chi connectivity index (χ1n) is 31.7. The van der Waals surface area contributed by atoms with Gasteiger partial charge in [-0.3, -0.25) is 14.4 Å². The molecule has 0 aromatic heterocycles. The van der Waals surface area contributed by atoms with Crippen LogP contribution in [0.15, 0.2) is 0 Å². The predicted molar refractivity (Wildman–Crippen MR) is 301 cm³/mol. The number of carboxylic acids is 2. The number of aliphatic carboxylic acids is 2. The number of hydrogen-bond donors (Lipinski definition) is 3. The maximum atomic E-state index is 13.3. The number of carbonyl (C=O) groups is 5. The summed E-state index contributed by atoms with van der Waals surface area (Å²) < 4.78 is 0. The second-order valence-corrected chi connectivity index (χ2v) is 23.5. The minimum absolute atomic E-state index is 0. The molecule has 3 aliphatic rings. The molecule has 0 aromatic rings. The first-order chi connectivity index (χ1) is 35.4. The zero-order chi connectivity index (χ0) is 53.6. The number of hydrogen-bond acceptors (Lipinski definition) is 7. The normalized spacial score (nSPS) is 20.8. The number of amides is 3. The summed E-state index contributed by atoms with van der Waals surface area (Å²) in [5.41, 5.74) is 0. The van der Waals surface area contributed by atoms with Crippen molar-refractivity contribution in [2.45, 2.75) is 348 Å². The molecule has 11 heteroatoms. The van der Waals surface area contributed by atoms with E-state index >= 15 is 0 Å². The van der Waals surface area contributed by atoms with E-state index in [1.165, 1.54) is 186 Å². The maximum Gasteiger partial charge on any atom is 2.00 e. The monoisotopic (exact) mass is 1090 g/mol. The van der Waals surface area contributed by atoms with E-state index in [0.29, 0.717) is 17.8 Å². The van der Waals surface area contributed by atoms with Crippen LogP contribution in [0.5, 0.6) is 0 Å². The average molecular weight is 1090 g/mol. The first kappa shape index (κ1) is 72.0. The maximum absolute atomic E-state index is 13.3. The molecule has 3 N–H and O–H groups in total. The summed E-state index contributed by atoms with van der Waals surface area (Å²) in [7, 11) is 0. The predicted octanol–water partition coefficient (Wildman–Crippen LogP) is 14.5. The number of carbonyl (C=O) groups excluding carboxylic acids is 5. The van der Waals surface area contributed by atoms with E-state index < -0.39 is 17.9 Å². The van der Waals surface area contributed by atoms with Crippen molar-refractivity contribution in [3.63, 3.8) is 0 Å². The minimum Gasteiger partial charge on any atom is -0.550 e. The van der Waals surface area contributed by atoms with Gasteiger partial charge >= 0.3 is 19.5 Å². The Balaban J connectivity index is 0.00000114. The summed E-state index contributed by atoms with van der Waals surface area (Å²) >= 11 is 0. The summed E-state index contributed by atoms with van der Waals surface area (Å²) in [5, 5.41) is 30.0. The quantitative estimate of drug-likeness (QED) is 0.0405. The van der Waals surface area contributed by atoms with Crippen molar-refractivity contribution >= 4 is 29.7 Å². The molecule has 0 aromatic carbocycles. The molecule has 428 valence electrons. The van der Waals surface area contributed by atoms with Crippen LogP contribution < -0.4 is 26.2 Å². The summed E-state index contributed by atoms with van der Waals surface area (Å²) in [4.78, 5) is 59.6. The van der Waals surface area contributed by atoms with E-state index in [1.807, 2.05) is 0 Å². The fraction of sp³-hybridized carbons (Fsp3) is 0.921. The number of carboxylic acid groups (broad SMARTS) is 2. The van der Waals surface area contributed by atoms with Crippen molar-refractivity contribution in [3.8, 4) is 0 Å². The molecule has 10 nitrogen and oxygen atoms in total. The summed E-state index contributed by atoms with van der Waals surface area (Å²) in [6, 6.07) is 0.520. The molecule has 3 aliphatic carbocycles. The number of nitrogens with one attached hydrogen (secondary N) is 3. The third-order valence-corrected chi connectivity index (χ3v) is 16.6. The molecule has 0 bridgehead atoms. The second-order valence-electron chi connectivity index (χ2n) is 23.5. The van der Waals surface area contributed by atoms with Crippen LogP contribution in [0.25, 0.3) is 0 Å². The van der Waals surface area contributed by atoms with Crippen LogP contribution >= 0.6 is 0 Å². The smallest absolute Gasteiger partial charge is 0.550 e. The Bertz CT molecular complexity index is 1290. The van der Waals surface area contributed by atoms with E-state index in [9.17, 15) is 34.2 Å². The molecule has 3 fully saturated rings. The van der Waals surface area contributed by atoms with Gasteiger partial charge in [-0.15, -0.1) is 0 Å². The van der Waals surface area contributed by atoms with E-state index in [-0.39, 0.29) is 81.0 Å². The summed E-state index contributed by atoms with van der Waals surface area (Å²) in [5.74, 6) is -1.36. The zero-order valence-electron chi connectivity index (χ0n) is 49.1. The average Bonchev–Trinajstić information content (AvgIpc) is 3.36. The molecule has 6 unspecified atom stereocenters. The molecule has 3 rings (SSSR count). The Morgan fingerprint density at radius 2 is 0.595 bits per heavy atom. The van der Waals surface area contributed by atoms with E-state index in [2.05, 4.69) is 50.6 Å². The molecule has 0 heterocycles. The third kappa shape index (κ3) is 42.1. The molecule has 0 spiro atoms. The van der Waals surface area contributed by atoms with Crippen molar-refractivity contribution in [2.75, 3.05) is 0 Å². The molecule has 0 saturated heterocycles. The van der Waals surface area contributed by atoms with Crippen LogP contribution in [0, 0.1) is 23.7 Å². The molecule has 0 aliphatic heterocycles. The van der Waals surface area contributed by atoms with Crippen molar-refractivity contribution in [1.29, 1.82) is 0 Å². The molecule has 3 saturated carbocycles. The van der Waals surface area contributed by atoms with Gasteiger partial charge in [0.1, 0.15) is 0 Å². The Labute approximate surface area is 468 Å². The zero-order valence-corrected chi connectivity index (χ0v) is 52.1. The van der Waals surface area contributed by atoms with E-state index in [4.69, 9.17) is 0 Å². The van der Waals surface area contributed by atoms with Gasteiger partial charge in [0.2, 0.25) is 17.7 Å². The van der Waals surface area contributed by atoms with Gasteiger partial charge in [0.15, 0.2) is 0 Å². The van der Waals surface area contributed by atoms with Crippen molar-refractivity contribution in [2.24, 2.45) is 23.7 Å². The number of rotatable bonds is 40. The van der Waals surface area contributed by atoms with Crippen LogP contribution in [0.4, 0.5) is 0 Å². The largest absolute Gasteiger partial charge is 2.00 e. The molecule has 74 heavy (non-hydrogen) atoms. The van der Waals surface area contributed by atoms with Crippen molar-refractivity contribution in [1.82, 2.24) is 16.0 Å². The number of unbranched alkanes of at least 4 members (excludes halogenated alkanes) is 28.